The molecule has 0 unspecified atom stereocenters. The van der Waals surface area contributed by atoms with Gasteiger partial charge in [-0.1, -0.05) is 57.6 Å². The maximum atomic E-state index is 12.5. The molecule has 4 rings (SSSR count). The lowest BCUT2D eigenvalue weighted by molar-refractivity contribution is 0.0998. The van der Waals surface area contributed by atoms with Crippen molar-refractivity contribution in [1.29, 1.82) is 0 Å². The van der Waals surface area contributed by atoms with Gasteiger partial charge in [-0.15, -0.1) is 0 Å². The van der Waals surface area contributed by atoms with Crippen molar-refractivity contribution in [3.63, 3.8) is 0 Å². The number of rotatable bonds is 2. The van der Waals surface area contributed by atoms with Crippen LogP contribution in [-0.4, -0.2) is 10.5 Å². The number of amides is 1. The first kappa shape index (κ1) is 16.2. The van der Waals surface area contributed by atoms with Crippen LogP contribution in [0.15, 0.2) is 70.1 Å². The molecule has 1 amide bonds. The van der Waals surface area contributed by atoms with Gasteiger partial charge in [-0.2, -0.15) is 4.99 Å². The molecule has 1 heterocycles. The van der Waals surface area contributed by atoms with Gasteiger partial charge in [0, 0.05) is 22.0 Å². The van der Waals surface area contributed by atoms with Gasteiger partial charge in [0.15, 0.2) is 4.80 Å². The summed E-state index contributed by atoms with van der Waals surface area (Å²) < 4.78 is 4.21. The lowest BCUT2D eigenvalue weighted by Gasteiger charge is -2.02. The fourth-order valence-electron chi connectivity index (χ4n) is 2.93. The zero-order valence-corrected chi connectivity index (χ0v) is 16.0. The normalized spacial score (nSPS) is 12.2. The van der Waals surface area contributed by atoms with E-state index in [-0.39, 0.29) is 5.91 Å². The van der Waals surface area contributed by atoms with Crippen molar-refractivity contribution in [3.8, 4) is 0 Å². The van der Waals surface area contributed by atoms with Crippen LogP contribution in [0, 0.1) is 0 Å². The van der Waals surface area contributed by atoms with Gasteiger partial charge < -0.3 is 4.57 Å². The number of carbonyl (C=O) groups excluding carboxylic acids is 1. The molecule has 25 heavy (non-hydrogen) atoms. The molecule has 0 aliphatic heterocycles. The molecule has 0 saturated heterocycles. The van der Waals surface area contributed by atoms with Crippen LogP contribution in [0.1, 0.15) is 17.3 Å². The van der Waals surface area contributed by atoms with Crippen molar-refractivity contribution in [2.45, 2.75) is 13.5 Å². The number of carbonyl (C=O) groups is 1. The minimum atomic E-state index is -0.217. The van der Waals surface area contributed by atoms with E-state index in [0.29, 0.717) is 5.56 Å². The van der Waals surface area contributed by atoms with Crippen LogP contribution in [0.4, 0.5) is 0 Å². The van der Waals surface area contributed by atoms with Crippen molar-refractivity contribution in [2.24, 2.45) is 4.99 Å². The molecule has 0 aliphatic rings. The topological polar surface area (TPSA) is 34.4 Å². The average Bonchev–Trinajstić information content (AvgIpc) is 2.99. The summed E-state index contributed by atoms with van der Waals surface area (Å²) >= 11 is 4.96. The molecular formula is C20H15BrN2OS. The standard InChI is InChI=1S/C20H15BrN2OS/c1-2-23-17-12-9-13-5-3-4-6-16(13)18(17)25-20(23)22-19(24)14-7-10-15(21)11-8-14/h3-12H,2H2,1H3. The Bertz CT molecular complexity index is 1160. The molecule has 0 fully saturated rings. The molecule has 0 aliphatic carbocycles. The van der Waals surface area contributed by atoms with Crippen molar-refractivity contribution in [1.82, 2.24) is 4.57 Å². The second-order valence-electron chi connectivity index (χ2n) is 5.69. The zero-order chi connectivity index (χ0) is 17.4. The Balaban J connectivity index is 1.93. The number of hydrogen-bond donors (Lipinski definition) is 0. The van der Waals surface area contributed by atoms with E-state index in [4.69, 9.17) is 0 Å². The Labute approximate surface area is 157 Å². The van der Waals surface area contributed by atoms with Crippen LogP contribution >= 0.6 is 27.3 Å². The highest BCUT2D eigenvalue weighted by molar-refractivity contribution is 9.10. The number of benzene rings is 3. The minimum absolute atomic E-state index is 0.217. The minimum Gasteiger partial charge on any atom is -0.317 e. The van der Waals surface area contributed by atoms with Crippen LogP contribution in [0.25, 0.3) is 21.0 Å². The first-order valence-electron chi connectivity index (χ1n) is 8.03. The molecule has 124 valence electrons. The third kappa shape index (κ3) is 2.94. The Kier molecular flexibility index (Phi) is 4.27. The summed E-state index contributed by atoms with van der Waals surface area (Å²) in [6.07, 6.45) is 0. The maximum Gasteiger partial charge on any atom is 0.279 e. The lowest BCUT2D eigenvalue weighted by atomic mass is 10.1. The number of hydrogen-bond acceptors (Lipinski definition) is 2. The Morgan fingerprint density at radius 2 is 1.84 bits per heavy atom. The number of halogens is 1. The number of nitrogens with zero attached hydrogens (tertiary/aromatic N) is 2. The average molecular weight is 411 g/mol. The van der Waals surface area contributed by atoms with Gasteiger partial charge in [0.25, 0.3) is 5.91 Å². The monoisotopic (exact) mass is 410 g/mol. The van der Waals surface area contributed by atoms with Gasteiger partial charge in [0.2, 0.25) is 0 Å². The summed E-state index contributed by atoms with van der Waals surface area (Å²) in [5.74, 6) is -0.217. The van der Waals surface area contributed by atoms with Crippen LogP contribution < -0.4 is 4.80 Å². The smallest absolute Gasteiger partial charge is 0.279 e. The quantitative estimate of drug-likeness (QED) is 0.436. The number of aromatic nitrogens is 1. The van der Waals surface area contributed by atoms with Gasteiger partial charge in [-0.05, 0) is 42.6 Å². The first-order chi connectivity index (χ1) is 12.2. The predicted molar refractivity (Wildman–Crippen MR) is 107 cm³/mol. The first-order valence-corrected chi connectivity index (χ1v) is 9.64. The molecule has 4 aromatic rings. The SMILES string of the molecule is CCn1c(=NC(=O)c2ccc(Br)cc2)sc2c3ccccc3ccc21. The summed E-state index contributed by atoms with van der Waals surface area (Å²) in [5.41, 5.74) is 1.71. The second-order valence-corrected chi connectivity index (χ2v) is 7.58. The highest BCUT2D eigenvalue weighted by atomic mass is 79.9. The fourth-order valence-corrected chi connectivity index (χ4v) is 4.43. The Morgan fingerprint density at radius 3 is 2.60 bits per heavy atom. The molecular weight excluding hydrogens is 396 g/mol. The Morgan fingerprint density at radius 1 is 1.08 bits per heavy atom. The number of fused-ring (bicyclic) bond motifs is 3. The molecule has 1 aromatic heterocycles. The molecule has 0 spiro atoms. The summed E-state index contributed by atoms with van der Waals surface area (Å²) in [4.78, 5) is 17.7. The van der Waals surface area contributed by atoms with E-state index < -0.39 is 0 Å². The van der Waals surface area contributed by atoms with E-state index in [0.717, 1.165) is 21.3 Å². The molecule has 5 heteroatoms. The molecule has 0 bridgehead atoms. The van der Waals surface area contributed by atoms with Gasteiger partial charge >= 0.3 is 0 Å². The van der Waals surface area contributed by atoms with E-state index in [2.05, 4.69) is 56.7 Å². The lowest BCUT2D eigenvalue weighted by Crippen LogP contribution is -2.15. The molecule has 3 aromatic carbocycles. The highest BCUT2D eigenvalue weighted by Gasteiger charge is 2.10. The summed E-state index contributed by atoms with van der Waals surface area (Å²) in [5, 5.41) is 2.40. The zero-order valence-electron chi connectivity index (χ0n) is 13.6. The summed E-state index contributed by atoms with van der Waals surface area (Å²) in [7, 11) is 0. The largest absolute Gasteiger partial charge is 0.317 e. The van der Waals surface area contributed by atoms with Gasteiger partial charge in [-0.25, -0.2) is 0 Å². The van der Waals surface area contributed by atoms with Crippen molar-refractivity contribution in [2.75, 3.05) is 0 Å². The highest BCUT2D eigenvalue weighted by Crippen LogP contribution is 2.27. The summed E-state index contributed by atoms with van der Waals surface area (Å²) in [6, 6.07) is 19.8. The third-order valence-electron chi connectivity index (χ3n) is 4.18. The molecule has 3 nitrogen and oxygen atoms in total. The number of aryl methyl sites for hydroxylation is 1. The van der Waals surface area contributed by atoms with Gasteiger partial charge in [-0.3, -0.25) is 4.79 Å². The second kappa shape index (κ2) is 6.58. The predicted octanol–water partition coefficient (Wildman–Crippen LogP) is 5.38. The Hall–Kier alpha value is -2.24. The van der Waals surface area contributed by atoms with Gasteiger partial charge in [0.05, 0.1) is 10.2 Å². The third-order valence-corrected chi connectivity index (χ3v) is 5.83. The molecule has 0 radical (unpaired) electrons. The fraction of sp³-hybridized carbons (Fsp3) is 0.100. The van der Waals surface area contributed by atoms with Gasteiger partial charge in [0.1, 0.15) is 0 Å². The van der Waals surface area contributed by atoms with Crippen LogP contribution in [-0.2, 0) is 6.54 Å². The molecule has 0 saturated carbocycles. The number of thiazole rings is 1. The van der Waals surface area contributed by atoms with E-state index in [1.807, 2.05) is 24.3 Å². The maximum absolute atomic E-state index is 12.5. The molecule has 0 atom stereocenters. The molecule has 0 N–H and O–H groups in total. The van der Waals surface area contributed by atoms with E-state index in [9.17, 15) is 4.79 Å². The van der Waals surface area contributed by atoms with E-state index in [1.54, 1.807) is 23.5 Å². The van der Waals surface area contributed by atoms with Crippen LogP contribution in [0.2, 0.25) is 0 Å². The van der Waals surface area contributed by atoms with Crippen molar-refractivity contribution < 1.29 is 4.79 Å². The van der Waals surface area contributed by atoms with Crippen molar-refractivity contribution >= 4 is 54.2 Å². The van der Waals surface area contributed by atoms with Crippen molar-refractivity contribution in [3.05, 3.63) is 75.5 Å². The van der Waals surface area contributed by atoms with Crippen LogP contribution in [0.3, 0.4) is 0 Å². The van der Waals surface area contributed by atoms with E-state index in [1.165, 1.54) is 15.5 Å². The van der Waals surface area contributed by atoms with E-state index >= 15 is 0 Å². The summed E-state index contributed by atoms with van der Waals surface area (Å²) in [6.45, 7) is 2.84. The van der Waals surface area contributed by atoms with Crippen LogP contribution in [0.5, 0.6) is 0 Å².